The Kier molecular flexibility index (Phi) is 3.03. The molecule has 0 aromatic carbocycles. The first kappa shape index (κ1) is 10.6. The van der Waals surface area contributed by atoms with Crippen molar-refractivity contribution < 1.29 is 5.11 Å². The molecule has 0 saturated carbocycles. The molecule has 1 N–H and O–H groups in total. The van der Waals surface area contributed by atoms with Gasteiger partial charge in [0.2, 0.25) is 0 Å². The molecule has 1 aromatic heterocycles. The summed E-state index contributed by atoms with van der Waals surface area (Å²) in [6, 6.07) is 4.06. The summed E-state index contributed by atoms with van der Waals surface area (Å²) in [5, 5.41) is 9.97. The van der Waals surface area contributed by atoms with E-state index in [1.807, 2.05) is 31.5 Å². The van der Waals surface area contributed by atoms with Gasteiger partial charge in [-0.25, -0.2) is 0 Å². The first-order valence-electron chi connectivity index (χ1n) is 5.49. The number of aliphatic hydroxyl groups is 1. The van der Waals surface area contributed by atoms with Gasteiger partial charge < -0.3 is 5.11 Å². The van der Waals surface area contributed by atoms with Crippen molar-refractivity contribution in [2.45, 2.75) is 31.9 Å². The third-order valence-electron chi connectivity index (χ3n) is 2.91. The molecule has 2 heterocycles. The molecule has 1 unspecified atom stereocenters. The predicted molar refractivity (Wildman–Crippen MR) is 59.4 cm³/mol. The lowest BCUT2D eigenvalue weighted by molar-refractivity contribution is -0.0181. The molecular formula is C12H18N2O. The highest BCUT2D eigenvalue weighted by Gasteiger charge is 2.27. The van der Waals surface area contributed by atoms with Crippen molar-refractivity contribution in [2.24, 2.45) is 0 Å². The van der Waals surface area contributed by atoms with E-state index in [1.165, 1.54) is 5.56 Å². The maximum absolute atomic E-state index is 9.97. The summed E-state index contributed by atoms with van der Waals surface area (Å²) in [7, 11) is 0. The van der Waals surface area contributed by atoms with E-state index in [0.29, 0.717) is 0 Å². The molecule has 1 fully saturated rings. The van der Waals surface area contributed by atoms with Crippen LogP contribution in [0.15, 0.2) is 24.5 Å². The number of rotatable bonds is 2. The minimum atomic E-state index is -0.509. The van der Waals surface area contributed by atoms with Crippen LogP contribution >= 0.6 is 0 Å². The molecule has 82 valence electrons. The Morgan fingerprint density at radius 1 is 1.47 bits per heavy atom. The van der Waals surface area contributed by atoms with Gasteiger partial charge in [0.1, 0.15) is 0 Å². The quantitative estimate of drug-likeness (QED) is 0.795. The lowest BCUT2D eigenvalue weighted by Crippen LogP contribution is -2.45. The minimum Gasteiger partial charge on any atom is -0.389 e. The Balaban J connectivity index is 1.95. The highest BCUT2D eigenvalue weighted by atomic mass is 16.3. The van der Waals surface area contributed by atoms with Crippen molar-refractivity contribution in [2.75, 3.05) is 13.1 Å². The van der Waals surface area contributed by atoms with E-state index in [1.54, 1.807) is 0 Å². The van der Waals surface area contributed by atoms with Crippen LogP contribution in [0.25, 0.3) is 0 Å². The topological polar surface area (TPSA) is 36.4 Å². The van der Waals surface area contributed by atoms with Crippen molar-refractivity contribution in [3.63, 3.8) is 0 Å². The fourth-order valence-electron chi connectivity index (χ4n) is 2.20. The first-order chi connectivity index (χ1) is 7.16. The van der Waals surface area contributed by atoms with Crippen molar-refractivity contribution in [1.29, 1.82) is 0 Å². The van der Waals surface area contributed by atoms with Gasteiger partial charge in [-0.1, -0.05) is 0 Å². The van der Waals surface area contributed by atoms with E-state index in [2.05, 4.69) is 9.88 Å². The second-order valence-corrected chi connectivity index (χ2v) is 4.67. The summed E-state index contributed by atoms with van der Waals surface area (Å²) in [4.78, 5) is 6.30. The van der Waals surface area contributed by atoms with E-state index >= 15 is 0 Å². The Bertz CT molecular complexity index is 311. The summed E-state index contributed by atoms with van der Waals surface area (Å²) < 4.78 is 0. The zero-order valence-corrected chi connectivity index (χ0v) is 9.19. The standard InChI is InChI=1S/C12H18N2O/c1-12(15)5-2-8-14(10-12)9-11-3-6-13-7-4-11/h3-4,6-7,15H,2,5,8-10H2,1H3. The predicted octanol–water partition coefficient (Wildman–Crippen LogP) is 1.43. The maximum Gasteiger partial charge on any atom is 0.0746 e. The largest absolute Gasteiger partial charge is 0.389 e. The maximum atomic E-state index is 9.97. The van der Waals surface area contributed by atoms with E-state index in [9.17, 15) is 5.11 Å². The number of nitrogens with zero attached hydrogens (tertiary/aromatic N) is 2. The Hall–Kier alpha value is -0.930. The smallest absolute Gasteiger partial charge is 0.0746 e. The van der Waals surface area contributed by atoms with Crippen LogP contribution in [-0.2, 0) is 6.54 Å². The average molecular weight is 206 g/mol. The monoisotopic (exact) mass is 206 g/mol. The van der Waals surface area contributed by atoms with Gasteiger partial charge in [-0.2, -0.15) is 0 Å². The molecule has 1 aromatic rings. The fourth-order valence-corrected chi connectivity index (χ4v) is 2.20. The molecule has 3 heteroatoms. The molecule has 0 spiro atoms. The van der Waals surface area contributed by atoms with Crippen LogP contribution < -0.4 is 0 Å². The summed E-state index contributed by atoms with van der Waals surface area (Å²) >= 11 is 0. The third-order valence-corrected chi connectivity index (χ3v) is 2.91. The normalized spacial score (nSPS) is 27.9. The zero-order valence-electron chi connectivity index (χ0n) is 9.19. The SMILES string of the molecule is CC1(O)CCCN(Cc2ccncc2)C1. The Morgan fingerprint density at radius 2 is 2.20 bits per heavy atom. The lowest BCUT2D eigenvalue weighted by Gasteiger charge is -2.36. The molecule has 0 amide bonds. The number of β-amino-alcohol motifs (C(OH)–C–C–N with tert-alkyl or cyclic N) is 1. The van der Waals surface area contributed by atoms with Crippen molar-refractivity contribution in [3.05, 3.63) is 30.1 Å². The van der Waals surface area contributed by atoms with Crippen molar-refractivity contribution in [3.8, 4) is 0 Å². The highest BCUT2D eigenvalue weighted by molar-refractivity contribution is 5.09. The summed E-state index contributed by atoms with van der Waals surface area (Å²) in [6.07, 6.45) is 5.63. The van der Waals surface area contributed by atoms with Crippen LogP contribution in [0.1, 0.15) is 25.3 Å². The van der Waals surface area contributed by atoms with Gasteiger partial charge >= 0.3 is 0 Å². The molecule has 2 rings (SSSR count). The second kappa shape index (κ2) is 4.29. The first-order valence-corrected chi connectivity index (χ1v) is 5.49. The molecule has 1 atom stereocenters. The number of piperidine rings is 1. The molecule has 3 nitrogen and oxygen atoms in total. The summed E-state index contributed by atoms with van der Waals surface area (Å²) in [5.41, 5.74) is 0.758. The summed E-state index contributed by atoms with van der Waals surface area (Å²) in [6.45, 7) is 4.69. The molecule has 1 aliphatic rings. The Labute approximate surface area is 90.8 Å². The van der Waals surface area contributed by atoms with Crippen molar-refractivity contribution in [1.82, 2.24) is 9.88 Å². The number of aromatic nitrogens is 1. The zero-order chi connectivity index (χ0) is 10.7. The lowest BCUT2D eigenvalue weighted by atomic mass is 9.95. The van der Waals surface area contributed by atoms with Gasteiger partial charge in [0.25, 0.3) is 0 Å². The summed E-state index contributed by atoms with van der Waals surface area (Å²) in [5.74, 6) is 0. The van der Waals surface area contributed by atoms with E-state index in [0.717, 1.165) is 32.5 Å². The molecule has 1 saturated heterocycles. The number of hydrogen-bond acceptors (Lipinski definition) is 3. The number of likely N-dealkylation sites (tertiary alicyclic amines) is 1. The molecular weight excluding hydrogens is 188 g/mol. The van der Waals surface area contributed by atoms with Gasteiger partial charge in [0, 0.05) is 25.5 Å². The Morgan fingerprint density at radius 3 is 2.87 bits per heavy atom. The van der Waals surface area contributed by atoms with Gasteiger partial charge in [0.05, 0.1) is 5.60 Å². The van der Waals surface area contributed by atoms with Crippen molar-refractivity contribution >= 4 is 0 Å². The van der Waals surface area contributed by atoms with E-state index in [-0.39, 0.29) is 0 Å². The van der Waals surface area contributed by atoms with Crippen LogP contribution in [0.5, 0.6) is 0 Å². The number of pyridine rings is 1. The van der Waals surface area contributed by atoms with E-state index in [4.69, 9.17) is 0 Å². The van der Waals surface area contributed by atoms with E-state index < -0.39 is 5.60 Å². The second-order valence-electron chi connectivity index (χ2n) is 4.67. The molecule has 15 heavy (non-hydrogen) atoms. The van der Waals surface area contributed by atoms with Gasteiger partial charge in [-0.05, 0) is 44.0 Å². The fraction of sp³-hybridized carbons (Fsp3) is 0.583. The van der Waals surface area contributed by atoms with Crippen LogP contribution in [0.4, 0.5) is 0 Å². The average Bonchev–Trinajstić information content (AvgIpc) is 2.17. The van der Waals surface area contributed by atoms with Crippen LogP contribution in [-0.4, -0.2) is 33.7 Å². The number of hydrogen-bond donors (Lipinski definition) is 1. The highest BCUT2D eigenvalue weighted by Crippen LogP contribution is 2.21. The van der Waals surface area contributed by atoms with Crippen LogP contribution in [0, 0.1) is 0 Å². The molecule has 0 bridgehead atoms. The third kappa shape index (κ3) is 3.01. The van der Waals surface area contributed by atoms with Gasteiger partial charge in [-0.3, -0.25) is 9.88 Å². The van der Waals surface area contributed by atoms with Gasteiger partial charge in [-0.15, -0.1) is 0 Å². The van der Waals surface area contributed by atoms with Gasteiger partial charge in [0.15, 0.2) is 0 Å². The molecule has 0 aliphatic carbocycles. The minimum absolute atomic E-state index is 0.509. The molecule has 1 aliphatic heterocycles. The molecule has 0 radical (unpaired) electrons. The van der Waals surface area contributed by atoms with Crippen LogP contribution in [0.3, 0.4) is 0 Å². The van der Waals surface area contributed by atoms with Crippen LogP contribution in [0.2, 0.25) is 0 Å².